The molecule has 0 aliphatic heterocycles. The van der Waals surface area contributed by atoms with Crippen molar-refractivity contribution in [2.45, 2.75) is 6.04 Å². The maximum atomic E-state index is 7.67. The average molecular weight is 199 g/mol. The summed E-state index contributed by atoms with van der Waals surface area (Å²) in [5.41, 5.74) is 7.69. The predicted molar refractivity (Wildman–Crippen MR) is 63.0 cm³/mol. The highest BCUT2D eigenvalue weighted by molar-refractivity contribution is 5.99. The Balaban J connectivity index is 1.91. The molecule has 2 rings (SSSR count). The van der Waals surface area contributed by atoms with Crippen LogP contribution in [-0.4, -0.2) is 11.8 Å². The van der Waals surface area contributed by atoms with E-state index in [0.717, 1.165) is 5.69 Å². The molecule has 0 spiro atoms. The van der Waals surface area contributed by atoms with E-state index in [-0.39, 0.29) is 6.04 Å². The van der Waals surface area contributed by atoms with Crippen molar-refractivity contribution in [3.63, 3.8) is 0 Å². The molecule has 1 aromatic rings. The van der Waals surface area contributed by atoms with E-state index in [1.165, 1.54) is 0 Å². The smallest absolute Gasteiger partial charge is 0.0858 e. The molecular weight excluding hydrogens is 186 g/mol. The maximum Gasteiger partial charge on any atom is 0.0858 e. The molecule has 1 atom stereocenters. The molecule has 0 fully saturated rings. The molecule has 0 saturated carbocycles. The monoisotopic (exact) mass is 199 g/mol. The number of nitrogens with one attached hydrogen (secondary N) is 3. The Hall–Kier alpha value is -1.87. The number of para-hydroxylation sites is 1. The van der Waals surface area contributed by atoms with Gasteiger partial charge in [0.15, 0.2) is 0 Å². The highest BCUT2D eigenvalue weighted by Gasteiger charge is 2.09. The first-order chi connectivity index (χ1) is 7.36. The number of rotatable bonds is 3. The van der Waals surface area contributed by atoms with Crippen LogP contribution < -0.4 is 10.9 Å². The van der Waals surface area contributed by atoms with Gasteiger partial charge in [0.05, 0.1) is 11.8 Å². The Morgan fingerprint density at radius 2 is 1.87 bits per heavy atom. The van der Waals surface area contributed by atoms with Gasteiger partial charge in [0, 0.05) is 5.69 Å². The summed E-state index contributed by atoms with van der Waals surface area (Å²) >= 11 is 0. The lowest BCUT2D eigenvalue weighted by Gasteiger charge is -2.17. The zero-order valence-electron chi connectivity index (χ0n) is 8.27. The van der Waals surface area contributed by atoms with E-state index in [1.54, 1.807) is 6.08 Å². The first-order valence-electron chi connectivity index (χ1n) is 4.86. The molecule has 3 heteroatoms. The van der Waals surface area contributed by atoms with Crippen LogP contribution in [0.4, 0.5) is 5.69 Å². The van der Waals surface area contributed by atoms with Crippen molar-refractivity contribution in [1.82, 2.24) is 5.43 Å². The Bertz CT molecular complexity index is 393. The largest absolute Gasteiger partial charge is 0.321 e. The number of benzene rings is 1. The van der Waals surface area contributed by atoms with Gasteiger partial charge in [-0.2, -0.15) is 0 Å². The van der Waals surface area contributed by atoms with Crippen LogP contribution >= 0.6 is 0 Å². The van der Waals surface area contributed by atoms with Gasteiger partial charge >= 0.3 is 0 Å². The fraction of sp³-hybridized carbons (Fsp3) is 0.0833. The standard InChI is InChI=1S/C12H13N3/c13-11-8-4-5-9-12(11)15-14-10-6-2-1-3-7-10/h1-9,12-15H. The van der Waals surface area contributed by atoms with Gasteiger partial charge in [-0.1, -0.05) is 36.4 Å². The minimum absolute atomic E-state index is 0.0600. The van der Waals surface area contributed by atoms with Crippen LogP contribution in [0.15, 0.2) is 54.6 Å². The van der Waals surface area contributed by atoms with Crippen molar-refractivity contribution < 1.29 is 0 Å². The predicted octanol–water partition coefficient (Wildman–Crippen LogP) is 2.12. The highest BCUT2D eigenvalue weighted by Crippen LogP contribution is 2.05. The fourth-order valence-electron chi connectivity index (χ4n) is 1.35. The molecule has 15 heavy (non-hydrogen) atoms. The summed E-state index contributed by atoms with van der Waals surface area (Å²) in [5, 5.41) is 7.67. The quantitative estimate of drug-likeness (QED) is 0.653. The zero-order valence-corrected chi connectivity index (χ0v) is 8.27. The summed E-state index contributed by atoms with van der Waals surface area (Å²) in [5.74, 6) is 0. The summed E-state index contributed by atoms with van der Waals surface area (Å²) in [6.07, 6.45) is 7.52. The second kappa shape index (κ2) is 4.57. The molecule has 0 saturated heterocycles. The van der Waals surface area contributed by atoms with Crippen LogP contribution in [-0.2, 0) is 0 Å². The summed E-state index contributed by atoms with van der Waals surface area (Å²) in [6, 6.07) is 9.78. The molecule has 0 amide bonds. The van der Waals surface area contributed by atoms with E-state index in [1.807, 2.05) is 48.6 Å². The van der Waals surface area contributed by atoms with E-state index < -0.39 is 0 Å². The Morgan fingerprint density at radius 3 is 2.60 bits per heavy atom. The van der Waals surface area contributed by atoms with Gasteiger partial charge in [-0.3, -0.25) is 0 Å². The van der Waals surface area contributed by atoms with Crippen molar-refractivity contribution in [2.75, 3.05) is 5.43 Å². The zero-order chi connectivity index (χ0) is 10.5. The van der Waals surface area contributed by atoms with Crippen LogP contribution in [0.25, 0.3) is 0 Å². The average Bonchev–Trinajstić information content (AvgIpc) is 2.29. The number of anilines is 1. The molecule has 0 bridgehead atoms. The summed E-state index contributed by atoms with van der Waals surface area (Å²) in [7, 11) is 0. The molecule has 76 valence electrons. The molecule has 0 radical (unpaired) electrons. The lowest BCUT2D eigenvalue weighted by Crippen LogP contribution is -2.38. The van der Waals surface area contributed by atoms with E-state index in [4.69, 9.17) is 5.41 Å². The molecule has 1 aliphatic carbocycles. The number of hydrazine groups is 1. The second-order valence-electron chi connectivity index (χ2n) is 3.31. The number of hydrogen-bond acceptors (Lipinski definition) is 3. The van der Waals surface area contributed by atoms with Gasteiger partial charge < -0.3 is 10.8 Å². The molecule has 3 N–H and O–H groups in total. The van der Waals surface area contributed by atoms with Crippen LogP contribution in [0.3, 0.4) is 0 Å². The van der Waals surface area contributed by atoms with Crippen molar-refractivity contribution in [3.8, 4) is 0 Å². The molecular formula is C12H13N3. The third-order valence-corrected chi connectivity index (χ3v) is 2.17. The van der Waals surface area contributed by atoms with Crippen LogP contribution in [0.5, 0.6) is 0 Å². The van der Waals surface area contributed by atoms with Gasteiger partial charge in [-0.15, -0.1) is 0 Å². The topological polar surface area (TPSA) is 47.9 Å². The molecule has 0 aromatic heterocycles. The third-order valence-electron chi connectivity index (χ3n) is 2.17. The summed E-state index contributed by atoms with van der Waals surface area (Å²) in [6.45, 7) is 0. The first kappa shape index (κ1) is 9.68. The Morgan fingerprint density at radius 1 is 1.07 bits per heavy atom. The van der Waals surface area contributed by atoms with Crippen molar-refractivity contribution in [1.29, 1.82) is 5.41 Å². The van der Waals surface area contributed by atoms with Crippen molar-refractivity contribution in [3.05, 3.63) is 54.6 Å². The summed E-state index contributed by atoms with van der Waals surface area (Å²) < 4.78 is 0. The Labute approximate surface area is 89.0 Å². The lowest BCUT2D eigenvalue weighted by molar-refractivity contribution is 0.803. The molecule has 1 unspecified atom stereocenters. The summed E-state index contributed by atoms with van der Waals surface area (Å²) in [4.78, 5) is 0. The van der Waals surface area contributed by atoms with E-state index in [9.17, 15) is 0 Å². The fourth-order valence-corrected chi connectivity index (χ4v) is 1.35. The van der Waals surface area contributed by atoms with Crippen molar-refractivity contribution >= 4 is 11.4 Å². The lowest BCUT2D eigenvalue weighted by atomic mass is 10.1. The van der Waals surface area contributed by atoms with Gasteiger partial charge in [0.1, 0.15) is 0 Å². The van der Waals surface area contributed by atoms with E-state index >= 15 is 0 Å². The van der Waals surface area contributed by atoms with Crippen LogP contribution in [0.2, 0.25) is 0 Å². The van der Waals surface area contributed by atoms with Crippen LogP contribution in [0.1, 0.15) is 0 Å². The third kappa shape index (κ3) is 2.54. The molecule has 3 nitrogen and oxygen atoms in total. The highest BCUT2D eigenvalue weighted by atomic mass is 15.4. The van der Waals surface area contributed by atoms with Gasteiger partial charge in [0.25, 0.3) is 0 Å². The second-order valence-corrected chi connectivity index (χ2v) is 3.31. The van der Waals surface area contributed by atoms with Crippen molar-refractivity contribution in [2.24, 2.45) is 0 Å². The number of allylic oxidation sites excluding steroid dienone is 2. The minimum atomic E-state index is -0.0600. The maximum absolute atomic E-state index is 7.67. The normalized spacial score (nSPS) is 19.2. The first-order valence-corrected chi connectivity index (χ1v) is 4.86. The molecule has 1 aromatic carbocycles. The molecule has 0 heterocycles. The number of hydrogen-bond donors (Lipinski definition) is 3. The van der Waals surface area contributed by atoms with Gasteiger partial charge in [-0.05, 0) is 18.2 Å². The van der Waals surface area contributed by atoms with Crippen LogP contribution in [0, 0.1) is 5.41 Å². The van der Waals surface area contributed by atoms with E-state index in [2.05, 4.69) is 10.9 Å². The van der Waals surface area contributed by atoms with Gasteiger partial charge in [0.2, 0.25) is 0 Å². The minimum Gasteiger partial charge on any atom is -0.321 e. The SMILES string of the molecule is N=C1C=CC=CC1NNc1ccccc1. The molecule has 1 aliphatic rings. The Kier molecular flexibility index (Phi) is 2.95. The van der Waals surface area contributed by atoms with E-state index in [0.29, 0.717) is 5.71 Å². The van der Waals surface area contributed by atoms with Gasteiger partial charge in [-0.25, -0.2) is 5.43 Å².